The van der Waals surface area contributed by atoms with Crippen LogP contribution in [0, 0.1) is 13.8 Å². The molecule has 3 heteroatoms. The van der Waals surface area contributed by atoms with E-state index >= 15 is 0 Å². The Morgan fingerprint density at radius 2 is 1.65 bits per heavy atom. The maximum Gasteiger partial charge on any atom is 0.163 e. The number of hydrogen-bond acceptors (Lipinski definition) is 1. The van der Waals surface area contributed by atoms with E-state index in [1.807, 2.05) is 0 Å². The predicted octanol–water partition coefficient (Wildman–Crippen LogP) is 5.43. The normalized spacial score (nSPS) is 10.6. The molecule has 20 heavy (non-hydrogen) atoms. The van der Waals surface area contributed by atoms with Gasteiger partial charge in [0, 0.05) is 22.0 Å². The number of hydrogen-bond donors (Lipinski definition) is 0. The van der Waals surface area contributed by atoms with Crippen molar-refractivity contribution in [3.05, 3.63) is 68.7 Å². The second-order valence-electron chi connectivity index (χ2n) is 5.01. The van der Waals surface area contributed by atoms with E-state index in [4.69, 9.17) is 23.2 Å². The van der Waals surface area contributed by atoms with Gasteiger partial charge < -0.3 is 0 Å². The van der Waals surface area contributed by atoms with Crippen LogP contribution in [0.25, 0.3) is 0 Å². The van der Waals surface area contributed by atoms with Crippen LogP contribution >= 0.6 is 23.2 Å². The molecule has 0 fully saturated rings. The Morgan fingerprint density at radius 3 is 2.30 bits per heavy atom. The molecule has 0 heterocycles. The summed E-state index contributed by atoms with van der Waals surface area (Å²) in [6.45, 7) is 4.12. The highest BCUT2D eigenvalue weighted by Crippen LogP contribution is 2.21. The zero-order valence-corrected chi connectivity index (χ0v) is 13.1. The van der Waals surface area contributed by atoms with E-state index in [-0.39, 0.29) is 5.78 Å². The lowest BCUT2D eigenvalue weighted by molar-refractivity contribution is 0.0983. The van der Waals surface area contributed by atoms with Crippen LogP contribution in [0.5, 0.6) is 0 Å². The summed E-state index contributed by atoms with van der Waals surface area (Å²) >= 11 is 11.8. The van der Waals surface area contributed by atoms with Gasteiger partial charge in [-0.25, -0.2) is 0 Å². The first-order chi connectivity index (χ1) is 9.45. The fraction of sp³-hybridized carbons (Fsp3) is 0.235. The van der Waals surface area contributed by atoms with Gasteiger partial charge in [-0.2, -0.15) is 0 Å². The van der Waals surface area contributed by atoms with E-state index < -0.39 is 0 Å². The Kier molecular flexibility index (Phi) is 4.85. The highest BCUT2D eigenvalue weighted by atomic mass is 35.5. The van der Waals surface area contributed by atoms with Crippen molar-refractivity contribution in [2.75, 3.05) is 0 Å². The Balaban J connectivity index is 2.10. The molecule has 2 aromatic carbocycles. The number of Topliss-reactive ketones (excluding diaryl/α,β-unsaturated/α-hetero) is 1. The van der Waals surface area contributed by atoms with Crippen molar-refractivity contribution < 1.29 is 4.79 Å². The molecule has 0 aliphatic carbocycles. The zero-order chi connectivity index (χ0) is 14.7. The first kappa shape index (κ1) is 15.1. The summed E-state index contributed by atoms with van der Waals surface area (Å²) in [6.07, 6.45) is 1.19. The summed E-state index contributed by atoms with van der Waals surface area (Å²) in [6, 6.07) is 11.3. The molecule has 0 saturated carbocycles. The van der Waals surface area contributed by atoms with Crippen LogP contribution in [0.15, 0.2) is 36.4 Å². The van der Waals surface area contributed by atoms with E-state index in [1.54, 1.807) is 18.2 Å². The minimum absolute atomic E-state index is 0.0651. The SMILES string of the molecule is Cc1ccc(C)c(CCC(=O)c2cc(Cl)cc(Cl)c2)c1. The molecule has 0 bridgehead atoms. The summed E-state index contributed by atoms with van der Waals surface area (Å²) in [5.41, 5.74) is 4.22. The molecule has 0 atom stereocenters. The van der Waals surface area contributed by atoms with Crippen LogP contribution in [0.4, 0.5) is 0 Å². The van der Waals surface area contributed by atoms with E-state index in [9.17, 15) is 4.79 Å². The second kappa shape index (κ2) is 6.43. The average molecular weight is 307 g/mol. The molecule has 0 aromatic heterocycles. The third-order valence-electron chi connectivity index (χ3n) is 3.31. The number of benzene rings is 2. The smallest absolute Gasteiger partial charge is 0.163 e. The highest BCUT2D eigenvalue weighted by molar-refractivity contribution is 6.35. The molecule has 0 aliphatic heterocycles. The number of carbonyl (C=O) groups is 1. The first-order valence-corrected chi connectivity index (χ1v) is 7.27. The van der Waals surface area contributed by atoms with Crippen molar-refractivity contribution in [1.29, 1.82) is 0 Å². The van der Waals surface area contributed by atoms with Crippen molar-refractivity contribution in [3.8, 4) is 0 Å². The third-order valence-corrected chi connectivity index (χ3v) is 3.75. The summed E-state index contributed by atoms with van der Waals surface area (Å²) in [5, 5.41) is 0.986. The summed E-state index contributed by atoms with van der Waals surface area (Å²) < 4.78 is 0. The molecule has 2 aromatic rings. The molecule has 0 unspecified atom stereocenters. The van der Waals surface area contributed by atoms with Gasteiger partial charge in [0.1, 0.15) is 0 Å². The molecule has 0 amide bonds. The van der Waals surface area contributed by atoms with Gasteiger partial charge in [-0.1, -0.05) is 47.0 Å². The zero-order valence-electron chi connectivity index (χ0n) is 11.5. The molecular formula is C17H16Cl2O. The fourth-order valence-electron chi connectivity index (χ4n) is 2.18. The number of halogens is 2. The monoisotopic (exact) mass is 306 g/mol. The van der Waals surface area contributed by atoms with Crippen LogP contribution in [-0.4, -0.2) is 5.78 Å². The van der Waals surface area contributed by atoms with Gasteiger partial charge in [0.15, 0.2) is 5.78 Å². The standard InChI is InChI=1S/C17H16Cl2O/c1-11-3-4-12(2)13(7-11)5-6-17(20)14-8-15(18)10-16(19)9-14/h3-4,7-10H,5-6H2,1-2H3. The molecule has 0 N–H and O–H groups in total. The van der Waals surface area contributed by atoms with Crippen molar-refractivity contribution >= 4 is 29.0 Å². The van der Waals surface area contributed by atoms with Crippen LogP contribution in [-0.2, 0) is 6.42 Å². The van der Waals surface area contributed by atoms with E-state index in [2.05, 4.69) is 32.0 Å². The van der Waals surface area contributed by atoms with Gasteiger partial charge >= 0.3 is 0 Å². The average Bonchev–Trinajstić information content (AvgIpc) is 2.38. The van der Waals surface area contributed by atoms with E-state index in [0.717, 1.165) is 6.42 Å². The molecule has 104 valence electrons. The summed E-state index contributed by atoms with van der Waals surface area (Å²) in [7, 11) is 0. The Labute approximate surface area is 129 Å². The van der Waals surface area contributed by atoms with Gasteiger partial charge in [0.05, 0.1) is 0 Å². The predicted molar refractivity (Wildman–Crippen MR) is 85.0 cm³/mol. The summed E-state index contributed by atoms with van der Waals surface area (Å²) in [4.78, 5) is 12.2. The molecule has 0 radical (unpaired) electrons. The van der Waals surface area contributed by atoms with Gasteiger partial charge in [-0.3, -0.25) is 4.79 Å². The lowest BCUT2D eigenvalue weighted by Gasteiger charge is -2.07. The molecule has 2 rings (SSSR count). The van der Waals surface area contributed by atoms with Gasteiger partial charge in [0.2, 0.25) is 0 Å². The molecule has 0 saturated heterocycles. The second-order valence-corrected chi connectivity index (χ2v) is 5.88. The van der Waals surface area contributed by atoms with Gasteiger partial charge in [0.25, 0.3) is 0 Å². The quantitative estimate of drug-likeness (QED) is 0.689. The first-order valence-electron chi connectivity index (χ1n) is 6.51. The lowest BCUT2D eigenvalue weighted by atomic mass is 9.98. The Bertz CT molecular complexity index is 627. The third kappa shape index (κ3) is 3.84. The fourth-order valence-corrected chi connectivity index (χ4v) is 2.70. The van der Waals surface area contributed by atoms with Crippen LogP contribution in [0.2, 0.25) is 10.0 Å². The highest BCUT2D eigenvalue weighted by Gasteiger charge is 2.09. The van der Waals surface area contributed by atoms with Gasteiger partial charge in [-0.15, -0.1) is 0 Å². The van der Waals surface area contributed by atoms with Crippen molar-refractivity contribution in [1.82, 2.24) is 0 Å². The van der Waals surface area contributed by atoms with Crippen LogP contribution in [0.3, 0.4) is 0 Å². The lowest BCUT2D eigenvalue weighted by Crippen LogP contribution is -2.02. The maximum atomic E-state index is 12.2. The Hall–Kier alpha value is -1.31. The Morgan fingerprint density at radius 1 is 1.00 bits per heavy atom. The molecule has 0 aliphatic rings. The van der Waals surface area contributed by atoms with Crippen LogP contribution < -0.4 is 0 Å². The van der Waals surface area contributed by atoms with Gasteiger partial charge in [-0.05, 0) is 49.6 Å². The maximum absolute atomic E-state index is 12.2. The van der Waals surface area contributed by atoms with Crippen molar-refractivity contribution in [2.45, 2.75) is 26.7 Å². The minimum atomic E-state index is 0.0651. The van der Waals surface area contributed by atoms with E-state index in [1.165, 1.54) is 16.7 Å². The minimum Gasteiger partial charge on any atom is -0.294 e. The molecular weight excluding hydrogens is 291 g/mol. The van der Waals surface area contributed by atoms with Crippen LogP contribution in [0.1, 0.15) is 33.5 Å². The molecule has 0 spiro atoms. The number of ketones is 1. The summed E-state index contributed by atoms with van der Waals surface area (Å²) in [5.74, 6) is 0.0651. The number of carbonyl (C=O) groups excluding carboxylic acids is 1. The number of rotatable bonds is 4. The molecule has 1 nitrogen and oxygen atoms in total. The number of aryl methyl sites for hydroxylation is 3. The largest absolute Gasteiger partial charge is 0.294 e. The van der Waals surface area contributed by atoms with E-state index in [0.29, 0.717) is 22.0 Å². The topological polar surface area (TPSA) is 17.1 Å². The van der Waals surface area contributed by atoms with Crippen molar-refractivity contribution in [2.24, 2.45) is 0 Å². The van der Waals surface area contributed by atoms with Crippen molar-refractivity contribution in [3.63, 3.8) is 0 Å².